The third-order valence-electron chi connectivity index (χ3n) is 5.58. The number of amides is 1. The Labute approximate surface area is 188 Å². The Morgan fingerprint density at radius 2 is 1.78 bits per heavy atom. The number of anilines is 2. The van der Waals surface area contributed by atoms with E-state index in [-0.39, 0.29) is 17.3 Å². The highest BCUT2D eigenvalue weighted by Gasteiger charge is 2.17. The van der Waals surface area contributed by atoms with Crippen molar-refractivity contribution < 1.29 is 13.2 Å². The molecule has 0 radical (unpaired) electrons. The van der Waals surface area contributed by atoms with Crippen molar-refractivity contribution in [2.75, 3.05) is 29.9 Å². The standard InChI is InChI=1S/C24H26N4O3S/c1-2-13-26-32(30,31)19-8-6-18(7-9-19)24(29)27-22-10-11-23(28-15-4-3-5-16-28)20-12-14-25-17-21(20)22/h2,6-12,14,17,26H,1,3-5,13,15-16H2,(H,27,29). The molecule has 1 fully saturated rings. The van der Waals surface area contributed by atoms with E-state index in [4.69, 9.17) is 0 Å². The van der Waals surface area contributed by atoms with Gasteiger partial charge in [0, 0.05) is 54.1 Å². The number of fused-ring (bicyclic) bond motifs is 1. The smallest absolute Gasteiger partial charge is 0.255 e. The zero-order chi connectivity index (χ0) is 22.6. The van der Waals surface area contributed by atoms with Crippen LogP contribution in [0.1, 0.15) is 29.6 Å². The summed E-state index contributed by atoms with van der Waals surface area (Å²) in [5.74, 6) is -0.316. The van der Waals surface area contributed by atoms with Gasteiger partial charge in [-0.2, -0.15) is 0 Å². The van der Waals surface area contributed by atoms with Gasteiger partial charge in [0.2, 0.25) is 10.0 Å². The number of pyridine rings is 1. The zero-order valence-electron chi connectivity index (χ0n) is 17.8. The highest BCUT2D eigenvalue weighted by molar-refractivity contribution is 7.89. The third-order valence-corrected chi connectivity index (χ3v) is 7.02. The van der Waals surface area contributed by atoms with E-state index in [1.165, 1.54) is 49.6 Å². The van der Waals surface area contributed by atoms with Crippen LogP contribution in [0.25, 0.3) is 10.8 Å². The second kappa shape index (κ2) is 9.50. The maximum absolute atomic E-state index is 12.9. The summed E-state index contributed by atoms with van der Waals surface area (Å²) in [6.45, 7) is 5.69. The molecule has 3 aromatic rings. The number of hydrogen-bond acceptors (Lipinski definition) is 5. The summed E-state index contributed by atoms with van der Waals surface area (Å²) in [6, 6.07) is 11.8. The molecule has 1 aromatic heterocycles. The lowest BCUT2D eigenvalue weighted by Gasteiger charge is -2.30. The topological polar surface area (TPSA) is 91.4 Å². The van der Waals surface area contributed by atoms with E-state index in [0.29, 0.717) is 11.3 Å². The predicted octanol–water partition coefficient (Wildman–Crippen LogP) is 3.94. The van der Waals surface area contributed by atoms with E-state index >= 15 is 0 Å². The molecule has 0 saturated carbocycles. The van der Waals surface area contributed by atoms with Gasteiger partial charge in [-0.15, -0.1) is 6.58 Å². The Morgan fingerprint density at radius 1 is 1.03 bits per heavy atom. The molecule has 1 amide bonds. The molecular formula is C24H26N4O3S. The van der Waals surface area contributed by atoms with Crippen molar-refractivity contribution in [2.45, 2.75) is 24.2 Å². The van der Waals surface area contributed by atoms with Gasteiger partial charge in [-0.3, -0.25) is 9.78 Å². The first-order valence-electron chi connectivity index (χ1n) is 10.6. The molecule has 2 heterocycles. The van der Waals surface area contributed by atoms with Crippen molar-refractivity contribution in [3.05, 3.63) is 73.1 Å². The fourth-order valence-corrected chi connectivity index (χ4v) is 4.92. The molecule has 0 aliphatic carbocycles. The molecule has 0 unspecified atom stereocenters. The first kappa shape index (κ1) is 22.0. The molecule has 7 nitrogen and oxygen atoms in total. The Morgan fingerprint density at radius 3 is 2.50 bits per heavy atom. The van der Waals surface area contributed by atoms with E-state index in [9.17, 15) is 13.2 Å². The number of hydrogen-bond donors (Lipinski definition) is 2. The van der Waals surface area contributed by atoms with Crippen LogP contribution in [0.3, 0.4) is 0 Å². The largest absolute Gasteiger partial charge is 0.371 e. The molecule has 4 rings (SSSR count). The van der Waals surface area contributed by atoms with E-state index in [0.717, 1.165) is 29.5 Å². The molecule has 0 spiro atoms. The van der Waals surface area contributed by atoms with Crippen LogP contribution in [0.4, 0.5) is 11.4 Å². The monoisotopic (exact) mass is 450 g/mol. The number of carbonyl (C=O) groups excluding carboxylic acids is 1. The van der Waals surface area contributed by atoms with Crippen LogP contribution in [0.5, 0.6) is 0 Å². The second-order valence-corrected chi connectivity index (χ2v) is 9.49. The number of nitrogens with zero attached hydrogens (tertiary/aromatic N) is 2. The number of sulfonamides is 1. The minimum Gasteiger partial charge on any atom is -0.371 e. The van der Waals surface area contributed by atoms with E-state index < -0.39 is 10.0 Å². The van der Waals surface area contributed by atoms with Crippen molar-refractivity contribution in [1.29, 1.82) is 0 Å². The first-order chi connectivity index (χ1) is 15.5. The van der Waals surface area contributed by atoms with E-state index in [1.807, 2.05) is 18.2 Å². The van der Waals surface area contributed by atoms with Gasteiger partial charge in [0.25, 0.3) is 5.91 Å². The Bertz CT molecular complexity index is 1230. The highest BCUT2D eigenvalue weighted by Crippen LogP contribution is 2.33. The van der Waals surface area contributed by atoms with E-state index in [1.54, 1.807) is 12.4 Å². The lowest BCUT2D eigenvalue weighted by atomic mass is 10.0. The summed E-state index contributed by atoms with van der Waals surface area (Å²) >= 11 is 0. The maximum atomic E-state index is 12.9. The number of carbonyl (C=O) groups is 1. The van der Waals surface area contributed by atoms with E-state index in [2.05, 4.69) is 26.5 Å². The van der Waals surface area contributed by atoms with Crippen molar-refractivity contribution >= 4 is 38.1 Å². The maximum Gasteiger partial charge on any atom is 0.255 e. The Balaban J connectivity index is 1.57. The Kier molecular flexibility index (Phi) is 6.53. The van der Waals surface area contributed by atoms with Crippen LogP contribution >= 0.6 is 0 Å². The average molecular weight is 451 g/mol. The molecule has 32 heavy (non-hydrogen) atoms. The molecule has 1 aliphatic rings. The normalized spacial score (nSPS) is 14.3. The molecule has 0 bridgehead atoms. The van der Waals surface area contributed by atoms with Crippen LogP contribution < -0.4 is 14.9 Å². The summed E-state index contributed by atoms with van der Waals surface area (Å²) in [5, 5.41) is 4.87. The summed E-state index contributed by atoms with van der Waals surface area (Å²) in [5.41, 5.74) is 2.19. The van der Waals surface area contributed by atoms with Crippen LogP contribution in [0, 0.1) is 0 Å². The molecule has 8 heteroatoms. The van der Waals surface area contributed by atoms with Crippen LogP contribution in [0.15, 0.2) is 72.4 Å². The molecule has 2 aromatic carbocycles. The molecule has 0 atom stereocenters. The number of piperidine rings is 1. The lowest BCUT2D eigenvalue weighted by molar-refractivity contribution is 0.102. The molecule has 1 aliphatic heterocycles. The van der Waals surface area contributed by atoms with Gasteiger partial charge in [0.05, 0.1) is 10.6 Å². The summed E-state index contributed by atoms with van der Waals surface area (Å²) < 4.78 is 26.8. The second-order valence-electron chi connectivity index (χ2n) is 7.72. The van der Waals surface area contributed by atoms with Crippen LogP contribution in [0.2, 0.25) is 0 Å². The van der Waals surface area contributed by atoms with Crippen LogP contribution in [-0.4, -0.2) is 38.9 Å². The average Bonchev–Trinajstić information content (AvgIpc) is 2.83. The highest BCUT2D eigenvalue weighted by atomic mass is 32.2. The van der Waals surface area contributed by atoms with Crippen LogP contribution in [-0.2, 0) is 10.0 Å². The summed E-state index contributed by atoms with van der Waals surface area (Å²) in [4.78, 5) is 19.6. The van der Waals surface area contributed by atoms with Gasteiger partial charge in [0.1, 0.15) is 0 Å². The number of rotatable bonds is 7. The number of nitrogens with one attached hydrogen (secondary N) is 2. The van der Waals surface area contributed by atoms with Crippen molar-refractivity contribution in [1.82, 2.24) is 9.71 Å². The van der Waals surface area contributed by atoms with Gasteiger partial charge < -0.3 is 10.2 Å². The fourth-order valence-electron chi connectivity index (χ4n) is 3.93. The lowest BCUT2D eigenvalue weighted by Crippen LogP contribution is -2.29. The molecule has 2 N–H and O–H groups in total. The van der Waals surface area contributed by atoms with Gasteiger partial charge in [-0.05, 0) is 61.7 Å². The van der Waals surface area contributed by atoms with Crippen molar-refractivity contribution in [2.24, 2.45) is 0 Å². The molecular weight excluding hydrogens is 424 g/mol. The predicted molar refractivity (Wildman–Crippen MR) is 128 cm³/mol. The quantitative estimate of drug-likeness (QED) is 0.532. The molecule has 1 saturated heterocycles. The number of benzene rings is 2. The SMILES string of the molecule is C=CCNS(=O)(=O)c1ccc(C(=O)Nc2ccc(N3CCCCC3)c3ccncc23)cc1. The first-order valence-corrected chi connectivity index (χ1v) is 12.1. The van der Waals surface area contributed by atoms with Crippen molar-refractivity contribution in [3.8, 4) is 0 Å². The van der Waals surface area contributed by atoms with Gasteiger partial charge >= 0.3 is 0 Å². The number of aromatic nitrogens is 1. The summed E-state index contributed by atoms with van der Waals surface area (Å²) in [6.07, 6.45) is 8.61. The van der Waals surface area contributed by atoms with Gasteiger partial charge in [0.15, 0.2) is 0 Å². The molecule has 166 valence electrons. The zero-order valence-corrected chi connectivity index (χ0v) is 18.6. The van der Waals surface area contributed by atoms with Gasteiger partial charge in [-0.25, -0.2) is 13.1 Å². The third kappa shape index (κ3) is 4.66. The van der Waals surface area contributed by atoms with Gasteiger partial charge in [-0.1, -0.05) is 6.08 Å². The van der Waals surface area contributed by atoms with Crippen molar-refractivity contribution in [3.63, 3.8) is 0 Å². The Hall–Kier alpha value is -3.23. The minimum atomic E-state index is -3.63. The minimum absolute atomic E-state index is 0.0939. The summed E-state index contributed by atoms with van der Waals surface area (Å²) in [7, 11) is -3.63. The fraction of sp³-hybridized carbons (Fsp3) is 0.250.